The highest BCUT2D eigenvalue weighted by Gasteiger charge is 2.32. The molecule has 1 aromatic rings. The van der Waals surface area contributed by atoms with Crippen molar-refractivity contribution in [3.05, 3.63) is 29.3 Å². The van der Waals surface area contributed by atoms with E-state index in [1.165, 1.54) is 6.07 Å². The topological polar surface area (TPSA) is 9.23 Å². The van der Waals surface area contributed by atoms with E-state index in [1.54, 1.807) is 6.07 Å². The van der Waals surface area contributed by atoms with Crippen LogP contribution in [0, 0.1) is 0 Å². The molecule has 1 nitrogen and oxygen atoms in total. The van der Waals surface area contributed by atoms with E-state index in [1.807, 2.05) is 47.6 Å². The van der Waals surface area contributed by atoms with E-state index in [-0.39, 0.29) is 17.6 Å². The minimum absolute atomic E-state index is 0.00596. The van der Waals surface area contributed by atoms with Gasteiger partial charge in [-0.05, 0) is 29.0 Å². The molecule has 0 atom stereocenters. The predicted octanol–water partition coefficient (Wildman–Crippen LogP) is 5.86. The van der Waals surface area contributed by atoms with Gasteiger partial charge in [0.05, 0.1) is 0 Å². The zero-order valence-corrected chi connectivity index (χ0v) is 12.4. The maximum Gasteiger partial charge on any atom is 0.573 e. The molecular weight excluding hydrogens is 253 g/mol. The molecule has 0 bridgehead atoms. The lowest BCUT2D eigenvalue weighted by Crippen LogP contribution is -2.18. The first-order valence-corrected chi connectivity index (χ1v) is 6.60. The largest absolute Gasteiger partial charge is 0.573 e. The SMILES string of the molecule is CC.CC(C)c1ccc(C(C)C)c(OC(F)(F)F)c1. The molecule has 0 N–H and O–H groups in total. The summed E-state index contributed by atoms with van der Waals surface area (Å²) in [7, 11) is 0. The van der Waals surface area contributed by atoms with Crippen molar-refractivity contribution in [2.75, 3.05) is 0 Å². The second kappa shape index (κ2) is 7.41. The quantitative estimate of drug-likeness (QED) is 0.672. The van der Waals surface area contributed by atoms with Crippen molar-refractivity contribution >= 4 is 0 Å². The molecule has 0 spiro atoms. The lowest BCUT2D eigenvalue weighted by Gasteiger charge is -2.17. The van der Waals surface area contributed by atoms with Crippen LogP contribution in [-0.4, -0.2) is 6.36 Å². The van der Waals surface area contributed by atoms with Gasteiger partial charge in [0.25, 0.3) is 0 Å². The van der Waals surface area contributed by atoms with Crippen molar-refractivity contribution in [3.63, 3.8) is 0 Å². The maximum atomic E-state index is 12.3. The lowest BCUT2D eigenvalue weighted by atomic mass is 9.96. The van der Waals surface area contributed by atoms with E-state index < -0.39 is 6.36 Å². The van der Waals surface area contributed by atoms with Gasteiger partial charge < -0.3 is 4.74 Å². The zero-order valence-electron chi connectivity index (χ0n) is 12.4. The summed E-state index contributed by atoms with van der Waals surface area (Å²) in [4.78, 5) is 0. The summed E-state index contributed by atoms with van der Waals surface area (Å²) in [6.07, 6.45) is -4.64. The normalized spacial score (nSPS) is 11.3. The minimum Gasteiger partial charge on any atom is -0.405 e. The van der Waals surface area contributed by atoms with Gasteiger partial charge in [0.2, 0.25) is 0 Å². The fourth-order valence-electron chi connectivity index (χ4n) is 1.60. The third-order valence-corrected chi connectivity index (χ3v) is 2.55. The van der Waals surface area contributed by atoms with E-state index in [0.29, 0.717) is 5.56 Å². The highest BCUT2D eigenvalue weighted by atomic mass is 19.4. The van der Waals surface area contributed by atoms with Gasteiger partial charge >= 0.3 is 6.36 Å². The van der Waals surface area contributed by atoms with Crippen molar-refractivity contribution in [2.45, 2.75) is 59.7 Å². The van der Waals surface area contributed by atoms with Crippen molar-refractivity contribution in [1.29, 1.82) is 0 Å². The molecule has 0 aromatic heterocycles. The van der Waals surface area contributed by atoms with E-state index in [4.69, 9.17) is 0 Å². The Morgan fingerprint density at radius 3 is 1.84 bits per heavy atom. The van der Waals surface area contributed by atoms with Crippen LogP contribution in [0.1, 0.15) is 64.5 Å². The van der Waals surface area contributed by atoms with Crippen LogP contribution in [-0.2, 0) is 0 Å². The van der Waals surface area contributed by atoms with Crippen molar-refractivity contribution in [3.8, 4) is 5.75 Å². The number of benzene rings is 1. The van der Waals surface area contributed by atoms with Gasteiger partial charge in [-0.1, -0.05) is 53.7 Å². The molecule has 0 saturated carbocycles. The number of ether oxygens (including phenoxy) is 1. The second-order valence-electron chi connectivity index (χ2n) is 4.65. The Morgan fingerprint density at radius 1 is 0.947 bits per heavy atom. The smallest absolute Gasteiger partial charge is 0.405 e. The predicted molar refractivity (Wildman–Crippen MR) is 72.7 cm³/mol. The van der Waals surface area contributed by atoms with Crippen LogP contribution < -0.4 is 4.74 Å². The molecule has 0 fully saturated rings. The van der Waals surface area contributed by atoms with Crippen LogP contribution >= 0.6 is 0 Å². The number of halogens is 3. The number of alkyl halides is 3. The molecule has 0 aliphatic carbocycles. The van der Waals surface area contributed by atoms with Crippen LogP contribution in [0.3, 0.4) is 0 Å². The molecule has 0 heterocycles. The highest BCUT2D eigenvalue weighted by Crippen LogP contribution is 2.33. The molecule has 1 rings (SSSR count). The minimum atomic E-state index is -4.64. The molecule has 0 radical (unpaired) electrons. The Bertz CT molecular complexity index is 381. The van der Waals surface area contributed by atoms with Crippen LogP contribution in [0.4, 0.5) is 13.2 Å². The molecule has 0 saturated heterocycles. The first kappa shape index (κ1) is 17.8. The summed E-state index contributed by atoms with van der Waals surface area (Å²) in [5.41, 5.74) is 1.42. The van der Waals surface area contributed by atoms with Gasteiger partial charge in [-0.25, -0.2) is 0 Å². The van der Waals surface area contributed by atoms with Gasteiger partial charge in [0.15, 0.2) is 0 Å². The Kier molecular flexibility index (Phi) is 6.95. The standard InChI is InChI=1S/C13H17F3O.C2H6/c1-8(2)10-5-6-11(9(3)4)12(7-10)17-13(14,15)16;1-2/h5-9H,1-4H3;1-2H3. The monoisotopic (exact) mass is 276 g/mol. The Hall–Kier alpha value is -1.19. The molecule has 0 amide bonds. The van der Waals surface area contributed by atoms with E-state index >= 15 is 0 Å². The Balaban J connectivity index is 0.00000154. The highest BCUT2D eigenvalue weighted by molar-refractivity contribution is 5.40. The summed E-state index contributed by atoms with van der Waals surface area (Å²) in [6, 6.07) is 5.04. The van der Waals surface area contributed by atoms with Crippen molar-refractivity contribution in [1.82, 2.24) is 0 Å². The average molecular weight is 276 g/mol. The first-order chi connectivity index (χ1) is 8.70. The summed E-state index contributed by atoms with van der Waals surface area (Å²) in [6.45, 7) is 11.5. The summed E-state index contributed by atoms with van der Waals surface area (Å²) in [5.74, 6) is 0.0825. The molecule has 0 aliphatic rings. The number of hydrogen-bond donors (Lipinski definition) is 0. The van der Waals surface area contributed by atoms with Crippen LogP contribution in [0.2, 0.25) is 0 Å². The molecule has 4 heteroatoms. The van der Waals surface area contributed by atoms with Crippen LogP contribution in [0.25, 0.3) is 0 Å². The molecule has 0 unspecified atom stereocenters. The Labute approximate surface area is 113 Å². The van der Waals surface area contributed by atoms with Crippen molar-refractivity contribution in [2.24, 2.45) is 0 Å². The molecule has 19 heavy (non-hydrogen) atoms. The van der Waals surface area contributed by atoms with Crippen LogP contribution in [0.15, 0.2) is 18.2 Å². The molecular formula is C15H23F3O. The molecule has 110 valence electrons. The van der Waals surface area contributed by atoms with E-state index in [0.717, 1.165) is 5.56 Å². The summed E-state index contributed by atoms with van der Waals surface area (Å²) in [5, 5.41) is 0. The van der Waals surface area contributed by atoms with Gasteiger partial charge in [0.1, 0.15) is 5.75 Å². The number of hydrogen-bond acceptors (Lipinski definition) is 1. The molecule has 0 aliphatic heterocycles. The third kappa shape index (κ3) is 5.99. The maximum absolute atomic E-state index is 12.3. The zero-order chi connectivity index (χ0) is 15.2. The van der Waals surface area contributed by atoms with Gasteiger partial charge in [-0.3, -0.25) is 0 Å². The third-order valence-electron chi connectivity index (χ3n) is 2.55. The second-order valence-corrected chi connectivity index (χ2v) is 4.65. The summed E-state index contributed by atoms with van der Waals surface area (Å²) < 4.78 is 41.0. The Morgan fingerprint density at radius 2 is 1.47 bits per heavy atom. The van der Waals surface area contributed by atoms with Crippen LogP contribution in [0.5, 0.6) is 5.75 Å². The van der Waals surface area contributed by atoms with Crippen molar-refractivity contribution < 1.29 is 17.9 Å². The lowest BCUT2D eigenvalue weighted by molar-refractivity contribution is -0.275. The average Bonchev–Trinajstić information content (AvgIpc) is 2.28. The summed E-state index contributed by atoms with van der Waals surface area (Å²) >= 11 is 0. The van der Waals surface area contributed by atoms with E-state index in [2.05, 4.69) is 4.74 Å². The van der Waals surface area contributed by atoms with Gasteiger partial charge in [-0.15, -0.1) is 13.2 Å². The van der Waals surface area contributed by atoms with Gasteiger partial charge in [-0.2, -0.15) is 0 Å². The molecule has 1 aromatic carbocycles. The first-order valence-electron chi connectivity index (χ1n) is 6.60. The number of rotatable bonds is 3. The fraction of sp³-hybridized carbons (Fsp3) is 0.600. The van der Waals surface area contributed by atoms with Gasteiger partial charge in [0, 0.05) is 0 Å². The van der Waals surface area contributed by atoms with E-state index in [9.17, 15) is 13.2 Å². The fourth-order valence-corrected chi connectivity index (χ4v) is 1.60.